The van der Waals surface area contributed by atoms with Gasteiger partial charge in [-0.05, 0) is 42.3 Å². The van der Waals surface area contributed by atoms with Crippen LogP contribution in [0.2, 0.25) is 0 Å². The molecule has 180 valence electrons. The second-order valence-corrected chi connectivity index (χ2v) is 7.68. The van der Waals surface area contributed by atoms with E-state index in [0.29, 0.717) is 17.1 Å². The predicted octanol–water partition coefficient (Wildman–Crippen LogP) is 2.26. The Balaban J connectivity index is 1.39. The summed E-state index contributed by atoms with van der Waals surface area (Å²) in [6, 6.07) is 25.1. The highest BCUT2D eigenvalue weighted by Crippen LogP contribution is 2.10. The van der Waals surface area contributed by atoms with Gasteiger partial charge in [0.15, 0.2) is 0 Å². The van der Waals surface area contributed by atoms with E-state index in [1.165, 1.54) is 10.8 Å². The van der Waals surface area contributed by atoms with Gasteiger partial charge in [-0.2, -0.15) is 15.3 Å². The minimum Gasteiger partial charge on any atom is -0.271 e. The van der Waals surface area contributed by atoms with Gasteiger partial charge < -0.3 is 0 Å². The molecule has 4 aromatic rings. The molecular formula is C26H23N7O3. The van der Waals surface area contributed by atoms with Crippen molar-refractivity contribution in [3.63, 3.8) is 0 Å². The molecular weight excluding hydrogens is 458 g/mol. The molecule has 0 aliphatic heterocycles. The molecule has 0 saturated carbocycles. The summed E-state index contributed by atoms with van der Waals surface area (Å²) in [4.78, 5) is 37.4. The monoisotopic (exact) mass is 481 g/mol. The molecule has 0 bridgehead atoms. The Hall–Kier alpha value is -5.12. The molecule has 1 aromatic heterocycles. The number of hydrazone groups is 2. The van der Waals surface area contributed by atoms with Gasteiger partial charge in [-0.1, -0.05) is 60.7 Å². The highest BCUT2D eigenvalue weighted by atomic mass is 16.2. The predicted molar refractivity (Wildman–Crippen MR) is 136 cm³/mol. The number of aromatic nitrogens is 3. The summed E-state index contributed by atoms with van der Waals surface area (Å²) in [5, 5.41) is 12.0. The summed E-state index contributed by atoms with van der Waals surface area (Å²) in [5.41, 5.74) is 6.94. The van der Waals surface area contributed by atoms with Crippen LogP contribution < -0.4 is 16.5 Å². The van der Waals surface area contributed by atoms with Crippen LogP contribution in [-0.2, 0) is 11.3 Å². The van der Waals surface area contributed by atoms with E-state index >= 15 is 0 Å². The van der Waals surface area contributed by atoms with E-state index in [-0.39, 0.29) is 12.5 Å². The van der Waals surface area contributed by atoms with Crippen LogP contribution in [0.15, 0.2) is 99.9 Å². The lowest BCUT2D eigenvalue weighted by atomic mass is 10.2. The first kappa shape index (κ1) is 24.0. The third kappa shape index (κ3) is 6.06. The maximum Gasteiger partial charge on any atom is 0.351 e. The van der Waals surface area contributed by atoms with E-state index in [0.717, 1.165) is 15.8 Å². The molecule has 4 rings (SSSR count). The van der Waals surface area contributed by atoms with Crippen LogP contribution in [0.5, 0.6) is 0 Å². The molecule has 36 heavy (non-hydrogen) atoms. The van der Waals surface area contributed by atoms with Crippen LogP contribution in [0.3, 0.4) is 0 Å². The van der Waals surface area contributed by atoms with Gasteiger partial charge >= 0.3 is 5.69 Å². The standard InChI is InChI=1S/C26H23N7O3/c1-19-31-32(18-24(34)29-27-16-20-8-4-2-5-9-20)26(36)33(19)23-14-12-22(13-15-23)25(35)30-28-17-21-10-6-3-7-11-21/h2-17H,18H2,1H3,(H,29,34)(H,30,35)/b27-16+,28-17+. The van der Waals surface area contributed by atoms with Gasteiger partial charge in [0.05, 0.1) is 18.1 Å². The molecule has 0 fully saturated rings. The summed E-state index contributed by atoms with van der Waals surface area (Å²) in [6.07, 6.45) is 3.06. The van der Waals surface area contributed by atoms with Gasteiger partial charge in [0, 0.05) is 5.56 Å². The number of amides is 2. The van der Waals surface area contributed by atoms with Gasteiger partial charge in [-0.15, -0.1) is 0 Å². The van der Waals surface area contributed by atoms with Crippen LogP contribution in [0.4, 0.5) is 0 Å². The van der Waals surface area contributed by atoms with Crippen molar-refractivity contribution in [2.45, 2.75) is 13.5 Å². The lowest BCUT2D eigenvalue weighted by Gasteiger charge is -2.05. The van der Waals surface area contributed by atoms with Crippen molar-refractivity contribution < 1.29 is 9.59 Å². The molecule has 0 atom stereocenters. The lowest BCUT2D eigenvalue weighted by molar-refractivity contribution is -0.121. The molecule has 0 aliphatic carbocycles. The fraction of sp³-hybridized carbons (Fsp3) is 0.0769. The minimum absolute atomic E-state index is 0.293. The van der Waals surface area contributed by atoms with E-state index in [1.54, 1.807) is 37.4 Å². The molecule has 0 saturated heterocycles. The number of aryl methyl sites for hydroxylation is 1. The zero-order valence-electron chi connectivity index (χ0n) is 19.4. The Morgan fingerprint density at radius 2 is 1.39 bits per heavy atom. The van der Waals surface area contributed by atoms with Crippen molar-refractivity contribution in [2.24, 2.45) is 10.2 Å². The highest BCUT2D eigenvalue weighted by Gasteiger charge is 2.15. The lowest BCUT2D eigenvalue weighted by Crippen LogP contribution is -2.31. The van der Waals surface area contributed by atoms with Gasteiger partial charge in [-0.3, -0.25) is 9.59 Å². The van der Waals surface area contributed by atoms with Gasteiger partial charge in [0.2, 0.25) is 0 Å². The number of rotatable bonds is 8. The fourth-order valence-corrected chi connectivity index (χ4v) is 3.34. The molecule has 1 heterocycles. The second kappa shape index (κ2) is 11.3. The van der Waals surface area contributed by atoms with E-state index in [2.05, 4.69) is 26.2 Å². The maximum absolute atomic E-state index is 12.9. The molecule has 0 aliphatic rings. The Bertz CT molecular complexity index is 1460. The highest BCUT2D eigenvalue weighted by molar-refractivity contribution is 5.95. The number of nitrogens with zero attached hydrogens (tertiary/aromatic N) is 5. The summed E-state index contributed by atoms with van der Waals surface area (Å²) in [5.74, 6) is -0.483. The Kier molecular flexibility index (Phi) is 7.57. The average Bonchev–Trinajstić information content (AvgIpc) is 3.17. The summed E-state index contributed by atoms with van der Waals surface area (Å²) in [6.45, 7) is 1.36. The van der Waals surface area contributed by atoms with Crippen LogP contribution in [-0.4, -0.2) is 38.6 Å². The van der Waals surface area contributed by atoms with Crippen molar-refractivity contribution in [3.8, 4) is 5.69 Å². The quantitative estimate of drug-likeness (QED) is 0.296. The third-order valence-electron chi connectivity index (χ3n) is 5.06. The topological polar surface area (TPSA) is 123 Å². The van der Waals surface area contributed by atoms with E-state index in [1.807, 2.05) is 60.7 Å². The SMILES string of the molecule is Cc1nn(CC(=O)N/N=C/c2ccccc2)c(=O)n1-c1ccc(C(=O)N/N=C/c2ccccc2)cc1. The van der Waals surface area contributed by atoms with Crippen molar-refractivity contribution in [2.75, 3.05) is 0 Å². The second-order valence-electron chi connectivity index (χ2n) is 7.68. The molecule has 0 unspecified atom stereocenters. The number of nitrogens with one attached hydrogen (secondary N) is 2. The van der Waals surface area contributed by atoms with Gasteiger partial charge in [0.1, 0.15) is 12.4 Å². The molecule has 0 spiro atoms. The first-order valence-electron chi connectivity index (χ1n) is 11.0. The van der Waals surface area contributed by atoms with Crippen molar-refractivity contribution in [1.29, 1.82) is 0 Å². The van der Waals surface area contributed by atoms with E-state index in [9.17, 15) is 14.4 Å². The van der Waals surface area contributed by atoms with Crippen LogP contribution in [0.25, 0.3) is 5.69 Å². The summed E-state index contributed by atoms with van der Waals surface area (Å²) < 4.78 is 2.41. The molecule has 10 nitrogen and oxygen atoms in total. The first-order valence-corrected chi connectivity index (χ1v) is 11.0. The smallest absolute Gasteiger partial charge is 0.271 e. The summed E-state index contributed by atoms with van der Waals surface area (Å²) >= 11 is 0. The number of hydrogen-bond acceptors (Lipinski definition) is 6. The number of carbonyl (C=O) groups excluding carboxylic acids is 2. The molecule has 2 amide bonds. The summed E-state index contributed by atoms with van der Waals surface area (Å²) in [7, 11) is 0. The molecule has 2 N–H and O–H groups in total. The normalized spacial score (nSPS) is 11.1. The molecule has 3 aromatic carbocycles. The molecule has 10 heteroatoms. The van der Waals surface area contributed by atoms with Crippen molar-refractivity contribution >= 4 is 24.2 Å². The number of benzene rings is 3. The van der Waals surface area contributed by atoms with Crippen LogP contribution >= 0.6 is 0 Å². The van der Waals surface area contributed by atoms with Gasteiger partial charge in [0.25, 0.3) is 11.8 Å². The van der Waals surface area contributed by atoms with Crippen molar-refractivity contribution in [1.82, 2.24) is 25.2 Å². The Morgan fingerprint density at radius 3 is 1.97 bits per heavy atom. The van der Waals surface area contributed by atoms with Crippen LogP contribution in [0, 0.1) is 6.92 Å². The average molecular weight is 482 g/mol. The van der Waals surface area contributed by atoms with Crippen molar-refractivity contribution in [3.05, 3.63) is 118 Å². The fourth-order valence-electron chi connectivity index (χ4n) is 3.34. The van der Waals surface area contributed by atoms with E-state index < -0.39 is 11.6 Å². The maximum atomic E-state index is 12.9. The Labute approximate surface area is 206 Å². The third-order valence-corrected chi connectivity index (χ3v) is 5.06. The largest absolute Gasteiger partial charge is 0.351 e. The first-order chi connectivity index (χ1) is 17.5. The zero-order valence-corrected chi connectivity index (χ0v) is 19.4. The molecule has 0 radical (unpaired) electrons. The number of carbonyl (C=O) groups is 2. The number of hydrogen-bond donors (Lipinski definition) is 2. The minimum atomic E-state index is -0.489. The van der Waals surface area contributed by atoms with Gasteiger partial charge in [-0.25, -0.2) is 24.9 Å². The Morgan fingerprint density at radius 1 is 0.833 bits per heavy atom. The zero-order chi connectivity index (χ0) is 25.3. The van der Waals surface area contributed by atoms with E-state index in [4.69, 9.17) is 0 Å². The van der Waals surface area contributed by atoms with Crippen LogP contribution in [0.1, 0.15) is 27.3 Å².